The fraction of sp³-hybridized carbons (Fsp3) is 0.250. The van der Waals surface area contributed by atoms with Crippen LogP contribution in [-0.2, 0) is 6.54 Å². The molecule has 6 nitrogen and oxygen atoms in total. The van der Waals surface area contributed by atoms with Crippen LogP contribution in [0, 0.1) is 13.8 Å². The van der Waals surface area contributed by atoms with Crippen LogP contribution in [0.15, 0.2) is 22.9 Å². The largest absolute Gasteiger partial charge is 0.478 e. The Morgan fingerprint density at radius 3 is 2.89 bits per heavy atom. The van der Waals surface area contributed by atoms with Crippen molar-refractivity contribution < 1.29 is 14.4 Å². The minimum absolute atomic E-state index is 0.200. The van der Waals surface area contributed by atoms with E-state index in [1.165, 1.54) is 18.3 Å². The van der Waals surface area contributed by atoms with E-state index in [1.807, 2.05) is 13.8 Å². The van der Waals surface area contributed by atoms with E-state index in [-0.39, 0.29) is 5.56 Å². The fourth-order valence-electron chi connectivity index (χ4n) is 1.59. The highest BCUT2D eigenvalue weighted by Gasteiger charge is 2.09. The number of carboxylic acid groups (broad SMARTS) is 1. The number of aryl methyl sites for hydroxylation is 2. The average Bonchev–Trinajstić information content (AvgIpc) is 2.67. The number of aromatic nitrogens is 2. The Balaban J connectivity index is 2.11. The predicted octanol–water partition coefficient (Wildman–Crippen LogP) is 2.00. The molecule has 0 saturated carbocycles. The molecule has 0 bridgehead atoms. The van der Waals surface area contributed by atoms with Crippen LogP contribution >= 0.6 is 0 Å². The lowest BCUT2D eigenvalue weighted by Gasteiger charge is -2.05. The van der Waals surface area contributed by atoms with Crippen LogP contribution in [0.5, 0.6) is 0 Å². The van der Waals surface area contributed by atoms with Crippen LogP contribution < -0.4 is 5.32 Å². The van der Waals surface area contributed by atoms with Crippen molar-refractivity contribution in [3.8, 4) is 0 Å². The average molecular weight is 247 g/mol. The van der Waals surface area contributed by atoms with Gasteiger partial charge in [-0.05, 0) is 26.0 Å². The Morgan fingerprint density at radius 2 is 2.28 bits per heavy atom. The molecule has 2 aromatic rings. The summed E-state index contributed by atoms with van der Waals surface area (Å²) in [5.41, 5.74) is 1.97. The van der Waals surface area contributed by atoms with E-state index in [2.05, 4.69) is 15.5 Å². The van der Waals surface area contributed by atoms with E-state index < -0.39 is 5.97 Å². The summed E-state index contributed by atoms with van der Waals surface area (Å²) in [6.45, 7) is 4.18. The second-order valence-corrected chi connectivity index (χ2v) is 3.89. The number of carbonyl (C=O) groups is 1. The first kappa shape index (κ1) is 12.1. The van der Waals surface area contributed by atoms with Crippen LogP contribution in [-0.4, -0.2) is 21.2 Å². The SMILES string of the molecule is Cc1noc(C)c1CNc1cc(C(=O)O)ccn1. The Bertz CT molecular complexity index is 558. The van der Waals surface area contributed by atoms with Gasteiger partial charge in [0.15, 0.2) is 0 Å². The van der Waals surface area contributed by atoms with Gasteiger partial charge in [0, 0.05) is 18.3 Å². The molecule has 6 heteroatoms. The van der Waals surface area contributed by atoms with E-state index in [0.717, 1.165) is 17.0 Å². The summed E-state index contributed by atoms with van der Waals surface area (Å²) >= 11 is 0. The van der Waals surface area contributed by atoms with Crippen molar-refractivity contribution >= 4 is 11.8 Å². The number of nitrogens with zero attached hydrogens (tertiary/aromatic N) is 2. The highest BCUT2D eigenvalue weighted by atomic mass is 16.5. The van der Waals surface area contributed by atoms with Gasteiger partial charge < -0.3 is 14.9 Å². The predicted molar refractivity (Wildman–Crippen MR) is 64.5 cm³/mol. The van der Waals surface area contributed by atoms with E-state index in [9.17, 15) is 4.79 Å². The number of hydrogen-bond acceptors (Lipinski definition) is 5. The molecule has 0 aliphatic rings. The van der Waals surface area contributed by atoms with Crippen LogP contribution in [0.3, 0.4) is 0 Å². The first-order valence-electron chi connectivity index (χ1n) is 5.43. The van der Waals surface area contributed by atoms with Gasteiger partial charge in [-0.3, -0.25) is 0 Å². The molecule has 0 saturated heterocycles. The molecule has 0 spiro atoms. The van der Waals surface area contributed by atoms with Gasteiger partial charge in [0.1, 0.15) is 11.6 Å². The van der Waals surface area contributed by atoms with Crippen LogP contribution in [0.1, 0.15) is 27.4 Å². The molecule has 2 aromatic heterocycles. The maximum atomic E-state index is 10.8. The highest BCUT2D eigenvalue weighted by molar-refractivity contribution is 5.88. The van der Waals surface area contributed by atoms with Crippen molar-refractivity contribution in [1.82, 2.24) is 10.1 Å². The molecular weight excluding hydrogens is 234 g/mol. The molecule has 0 amide bonds. The van der Waals surface area contributed by atoms with Gasteiger partial charge in [-0.15, -0.1) is 0 Å². The number of rotatable bonds is 4. The second-order valence-electron chi connectivity index (χ2n) is 3.89. The summed E-state index contributed by atoms with van der Waals surface area (Å²) in [7, 11) is 0. The lowest BCUT2D eigenvalue weighted by atomic mass is 10.2. The summed E-state index contributed by atoms with van der Waals surface area (Å²) in [6, 6.07) is 2.93. The van der Waals surface area contributed by atoms with Crippen LogP contribution in [0.2, 0.25) is 0 Å². The molecule has 0 atom stereocenters. The van der Waals surface area contributed by atoms with Gasteiger partial charge in [0.25, 0.3) is 0 Å². The topological polar surface area (TPSA) is 88.2 Å². The maximum Gasteiger partial charge on any atom is 0.335 e. The number of aromatic carboxylic acids is 1. The highest BCUT2D eigenvalue weighted by Crippen LogP contribution is 2.14. The van der Waals surface area contributed by atoms with Gasteiger partial charge in [-0.25, -0.2) is 9.78 Å². The summed E-state index contributed by atoms with van der Waals surface area (Å²) in [4.78, 5) is 14.9. The fourth-order valence-corrected chi connectivity index (χ4v) is 1.59. The van der Waals surface area contributed by atoms with E-state index in [0.29, 0.717) is 12.4 Å². The zero-order valence-electron chi connectivity index (χ0n) is 10.1. The van der Waals surface area contributed by atoms with Crippen molar-refractivity contribution in [3.63, 3.8) is 0 Å². The molecule has 2 rings (SSSR count). The van der Waals surface area contributed by atoms with Gasteiger partial charge in [-0.1, -0.05) is 5.16 Å². The molecule has 0 aliphatic heterocycles. The standard InChI is InChI=1S/C12H13N3O3/c1-7-10(8(2)18-15-7)6-14-11-5-9(12(16)17)3-4-13-11/h3-5H,6H2,1-2H3,(H,13,14)(H,16,17). The molecular formula is C12H13N3O3. The summed E-state index contributed by atoms with van der Waals surface area (Å²) in [5, 5.41) is 15.8. The molecule has 0 unspecified atom stereocenters. The minimum Gasteiger partial charge on any atom is -0.478 e. The normalized spacial score (nSPS) is 10.3. The van der Waals surface area contributed by atoms with Gasteiger partial charge >= 0.3 is 5.97 Å². The molecule has 0 aliphatic carbocycles. The molecule has 0 fully saturated rings. The third-order valence-electron chi connectivity index (χ3n) is 2.63. The van der Waals surface area contributed by atoms with Crippen molar-refractivity contribution in [1.29, 1.82) is 0 Å². The Labute approximate surface area is 104 Å². The van der Waals surface area contributed by atoms with Crippen LogP contribution in [0.25, 0.3) is 0 Å². The van der Waals surface area contributed by atoms with Crippen molar-refractivity contribution in [3.05, 3.63) is 40.9 Å². The van der Waals surface area contributed by atoms with Gasteiger partial charge in [0.2, 0.25) is 0 Å². The first-order chi connectivity index (χ1) is 8.58. The molecule has 0 radical (unpaired) electrons. The first-order valence-corrected chi connectivity index (χ1v) is 5.43. The molecule has 2 heterocycles. The zero-order chi connectivity index (χ0) is 13.1. The third-order valence-corrected chi connectivity index (χ3v) is 2.63. The third kappa shape index (κ3) is 2.48. The molecule has 94 valence electrons. The van der Waals surface area contributed by atoms with Gasteiger partial charge in [0.05, 0.1) is 11.3 Å². The van der Waals surface area contributed by atoms with Crippen LogP contribution in [0.4, 0.5) is 5.82 Å². The zero-order valence-corrected chi connectivity index (χ0v) is 10.1. The lowest BCUT2D eigenvalue weighted by Crippen LogP contribution is -2.05. The number of anilines is 1. The van der Waals surface area contributed by atoms with Crippen molar-refractivity contribution in [2.45, 2.75) is 20.4 Å². The van der Waals surface area contributed by atoms with E-state index in [1.54, 1.807) is 0 Å². The molecule has 2 N–H and O–H groups in total. The number of pyridine rings is 1. The van der Waals surface area contributed by atoms with E-state index in [4.69, 9.17) is 9.63 Å². The number of nitrogens with one attached hydrogen (secondary N) is 1. The van der Waals surface area contributed by atoms with E-state index >= 15 is 0 Å². The van der Waals surface area contributed by atoms with Gasteiger partial charge in [-0.2, -0.15) is 0 Å². The van der Waals surface area contributed by atoms with Crippen molar-refractivity contribution in [2.75, 3.05) is 5.32 Å². The Morgan fingerprint density at radius 1 is 1.50 bits per heavy atom. The molecule has 18 heavy (non-hydrogen) atoms. The smallest absolute Gasteiger partial charge is 0.335 e. The lowest BCUT2D eigenvalue weighted by molar-refractivity contribution is 0.0697. The summed E-state index contributed by atoms with van der Waals surface area (Å²) < 4.78 is 5.04. The Kier molecular flexibility index (Phi) is 3.27. The number of hydrogen-bond donors (Lipinski definition) is 2. The van der Waals surface area contributed by atoms with Crippen molar-refractivity contribution in [2.24, 2.45) is 0 Å². The number of carboxylic acids is 1. The molecule has 0 aromatic carbocycles. The quantitative estimate of drug-likeness (QED) is 0.859. The summed E-state index contributed by atoms with van der Waals surface area (Å²) in [5.74, 6) is 0.280. The monoisotopic (exact) mass is 247 g/mol. The minimum atomic E-state index is -0.974. The Hall–Kier alpha value is -2.37. The second kappa shape index (κ2) is 4.87. The summed E-state index contributed by atoms with van der Waals surface area (Å²) in [6.07, 6.45) is 1.46. The maximum absolute atomic E-state index is 10.8.